The van der Waals surface area contributed by atoms with E-state index in [4.69, 9.17) is 5.73 Å². The second-order valence-electron chi connectivity index (χ2n) is 3.34. The van der Waals surface area contributed by atoms with Crippen LogP contribution in [-0.4, -0.2) is 18.5 Å². The zero-order chi connectivity index (χ0) is 11.4. The van der Waals surface area contributed by atoms with Gasteiger partial charge in [0.05, 0.1) is 5.56 Å². The number of ether oxygens (including phenoxy) is 1. The maximum atomic E-state index is 11.4. The molecule has 80 valence electrons. The third-order valence-electron chi connectivity index (χ3n) is 2.09. The summed E-state index contributed by atoms with van der Waals surface area (Å²) in [4.78, 5) is 21.8. The Morgan fingerprint density at radius 3 is 2.47 bits per heavy atom. The molecular weight excluding hydrogens is 194 g/mol. The number of nitrogens with two attached hydrogens (primary N) is 1. The predicted molar refractivity (Wildman–Crippen MR) is 55.4 cm³/mol. The second-order valence-corrected chi connectivity index (χ2v) is 3.34. The Morgan fingerprint density at radius 1 is 1.27 bits per heavy atom. The van der Waals surface area contributed by atoms with E-state index >= 15 is 0 Å². The number of carbonyl (C=O) groups excluding carboxylic acids is 2. The summed E-state index contributed by atoms with van der Waals surface area (Å²) in [5.74, 6) is -1.19. The molecule has 0 radical (unpaired) electrons. The predicted octanol–water partition coefficient (Wildman–Crippen LogP) is 0.946. The summed E-state index contributed by atoms with van der Waals surface area (Å²) < 4.78 is 4.67. The van der Waals surface area contributed by atoms with Crippen molar-refractivity contribution >= 4 is 11.9 Å². The fourth-order valence-corrected chi connectivity index (χ4v) is 1.09. The van der Waals surface area contributed by atoms with Crippen molar-refractivity contribution in [1.82, 2.24) is 0 Å². The molecule has 0 aliphatic carbocycles. The molecule has 0 spiro atoms. The highest BCUT2D eigenvalue weighted by molar-refractivity contribution is 5.91. The van der Waals surface area contributed by atoms with Crippen LogP contribution in [0.25, 0.3) is 0 Å². The molecule has 0 unspecified atom stereocenters. The fourth-order valence-electron chi connectivity index (χ4n) is 1.09. The summed E-state index contributed by atoms with van der Waals surface area (Å²) in [7, 11) is 0. The van der Waals surface area contributed by atoms with E-state index in [-0.39, 0.29) is 6.61 Å². The van der Waals surface area contributed by atoms with Gasteiger partial charge in [0.2, 0.25) is 0 Å². The Hall–Kier alpha value is -1.84. The zero-order valence-corrected chi connectivity index (χ0v) is 8.74. The van der Waals surface area contributed by atoms with Gasteiger partial charge >= 0.3 is 5.97 Å². The Morgan fingerprint density at radius 2 is 1.93 bits per heavy atom. The molecular formula is C11H13NO3. The highest BCUT2D eigenvalue weighted by atomic mass is 16.5. The number of carbonyl (C=O) groups is 2. The van der Waals surface area contributed by atoms with E-state index in [1.54, 1.807) is 12.1 Å². The van der Waals surface area contributed by atoms with E-state index in [9.17, 15) is 9.59 Å². The van der Waals surface area contributed by atoms with Crippen LogP contribution in [0.2, 0.25) is 0 Å². The maximum absolute atomic E-state index is 11.4. The first-order valence-corrected chi connectivity index (χ1v) is 4.53. The number of amides is 1. The van der Waals surface area contributed by atoms with Gasteiger partial charge in [-0.3, -0.25) is 4.79 Å². The van der Waals surface area contributed by atoms with E-state index in [0.717, 1.165) is 11.1 Å². The first kappa shape index (κ1) is 11.2. The third kappa shape index (κ3) is 3.09. The summed E-state index contributed by atoms with van der Waals surface area (Å²) in [6.45, 7) is 3.47. The fraction of sp³-hybridized carbons (Fsp3) is 0.273. The minimum atomic E-state index is -0.660. The molecule has 0 fully saturated rings. The lowest BCUT2D eigenvalue weighted by molar-refractivity contribution is -0.121. The summed E-state index contributed by atoms with van der Waals surface area (Å²) in [6.07, 6.45) is 0. The molecule has 0 heterocycles. The summed E-state index contributed by atoms with van der Waals surface area (Å²) in [6, 6.07) is 5.21. The minimum absolute atomic E-state index is 0.383. The number of esters is 1. The molecule has 0 aliphatic rings. The van der Waals surface area contributed by atoms with Crippen LogP contribution in [-0.2, 0) is 9.53 Å². The maximum Gasteiger partial charge on any atom is 0.338 e. The normalized spacial score (nSPS) is 9.73. The summed E-state index contributed by atoms with van der Waals surface area (Å²) in [5.41, 5.74) is 7.39. The van der Waals surface area contributed by atoms with Gasteiger partial charge in [-0.05, 0) is 37.1 Å². The van der Waals surface area contributed by atoms with Crippen LogP contribution >= 0.6 is 0 Å². The van der Waals surface area contributed by atoms with E-state index in [1.165, 1.54) is 0 Å². The summed E-state index contributed by atoms with van der Waals surface area (Å²) in [5, 5.41) is 0. The van der Waals surface area contributed by atoms with E-state index < -0.39 is 11.9 Å². The number of hydrogen-bond acceptors (Lipinski definition) is 3. The smallest absolute Gasteiger partial charge is 0.338 e. The van der Waals surface area contributed by atoms with Gasteiger partial charge in [-0.15, -0.1) is 0 Å². The molecule has 4 heteroatoms. The topological polar surface area (TPSA) is 69.4 Å². The second kappa shape index (κ2) is 4.59. The van der Waals surface area contributed by atoms with Gasteiger partial charge in [0, 0.05) is 0 Å². The van der Waals surface area contributed by atoms with Gasteiger partial charge in [-0.25, -0.2) is 4.79 Å². The third-order valence-corrected chi connectivity index (χ3v) is 2.09. The molecule has 1 amide bonds. The first-order valence-electron chi connectivity index (χ1n) is 4.53. The molecule has 0 saturated heterocycles. The van der Waals surface area contributed by atoms with Crippen LogP contribution < -0.4 is 5.73 Å². The lowest BCUT2D eigenvalue weighted by Crippen LogP contribution is -2.20. The molecule has 0 saturated carbocycles. The molecule has 0 aliphatic heterocycles. The highest BCUT2D eigenvalue weighted by Gasteiger charge is 2.08. The number of hydrogen-bond donors (Lipinski definition) is 1. The summed E-state index contributed by atoms with van der Waals surface area (Å²) >= 11 is 0. The van der Waals surface area contributed by atoms with Crippen LogP contribution in [0.5, 0.6) is 0 Å². The highest BCUT2D eigenvalue weighted by Crippen LogP contribution is 2.10. The molecule has 0 atom stereocenters. The van der Waals surface area contributed by atoms with Crippen LogP contribution in [0.15, 0.2) is 18.2 Å². The van der Waals surface area contributed by atoms with Crippen molar-refractivity contribution < 1.29 is 14.3 Å². The van der Waals surface area contributed by atoms with Crippen LogP contribution in [0, 0.1) is 13.8 Å². The van der Waals surface area contributed by atoms with Crippen molar-refractivity contribution in [2.75, 3.05) is 6.61 Å². The standard InChI is InChI=1S/C11H13NO3/c1-7-3-4-9(5-8(7)2)11(14)15-6-10(12)13/h3-5H,6H2,1-2H3,(H2,12,13). The van der Waals surface area contributed by atoms with E-state index in [2.05, 4.69) is 4.74 Å². The van der Waals surface area contributed by atoms with Crippen molar-refractivity contribution in [2.45, 2.75) is 13.8 Å². The van der Waals surface area contributed by atoms with Crippen molar-refractivity contribution in [1.29, 1.82) is 0 Å². The number of primary amides is 1. The monoisotopic (exact) mass is 207 g/mol. The lowest BCUT2D eigenvalue weighted by Gasteiger charge is -2.04. The van der Waals surface area contributed by atoms with E-state index in [1.807, 2.05) is 19.9 Å². The molecule has 1 aromatic rings. The van der Waals surface area contributed by atoms with Crippen LogP contribution in [0.3, 0.4) is 0 Å². The van der Waals surface area contributed by atoms with Crippen molar-refractivity contribution in [2.24, 2.45) is 5.73 Å². The van der Waals surface area contributed by atoms with Crippen LogP contribution in [0.1, 0.15) is 21.5 Å². The Bertz CT molecular complexity index is 399. The number of benzene rings is 1. The van der Waals surface area contributed by atoms with Crippen molar-refractivity contribution in [3.8, 4) is 0 Å². The average molecular weight is 207 g/mol. The van der Waals surface area contributed by atoms with Gasteiger partial charge in [-0.1, -0.05) is 6.07 Å². The Labute approximate surface area is 88.0 Å². The van der Waals surface area contributed by atoms with Gasteiger partial charge in [0.25, 0.3) is 5.91 Å². The Kier molecular flexibility index (Phi) is 3.44. The molecule has 0 aromatic heterocycles. The van der Waals surface area contributed by atoms with E-state index in [0.29, 0.717) is 5.56 Å². The molecule has 1 aromatic carbocycles. The Balaban J connectivity index is 2.74. The first-order chi connectivity index (χ1) is 7.00. The van der Waals surface area contributed by atoms with Gasteiger partial charge in [0.1, 0.15) is 0 Å². The van der Waals surface area contributed by atoms with Gasteiger partial charge < -0.3 is 10.5 Å². The molecule has 0 bridgehead atoms. The molecule has 4 nitrogen and oxygen atoms in total. The van der Waals surface area contributed by atoms with Crippen molar-refractivity contribution in [3.63, 3.8) is 0 Å². The molecule has 15 heavy (non-hydrogen) atoms. The van der Waals surface area contributed by atoms with Gasteiger partial charge in [-0.2, -0.15) is 0 Å². The largest absolute Gasteiger partial charge is 0.452 e. The quantitative estimate of drug-likeness (QED) is 0.750. The average Bonchev–Trinajstić information content (AvgIpc) is 2.18. The zero-order valence-electron chi connectivity index (χ0n) is 8.74. The van der Waals surface area contributed by atoms with Crippen LogP contribution in [0.4, 0.5) is 0 Å². The number of rotatable bonds is 3. The van der Waals surface area contributed by atoms with Crippen molar-refractivity contribution in [3.05, 3.63) is 34.9 Å². The van der Waals surface area contributed by atoms with Gasteiger partial charge in [0.15, 0.2) is 6.61 Å². The molecule has 1 rings (SSSR count). The minimum Gasteiger partial charge on any atom is -0.452 e. The molecule has 2 N–H and O–H groups in total. The lowest BCUT2D eigenvalue weighted by atomic mass is 10.1. The SMILES string of the molecule is Cc1ccc(C(=O)OCC(N)=O)cc1C. The number of aryl methyl sites for hydroxylation is 2.